The van der Waals surface area contributed by atoms with Gasteiger partial charge in [0.2, 0.25) is 5.91 Å². The monoisotopic (exact) mass is 418 g/mol. The third kappa shape index (κ3) is 3.37. The molecule has 0 radical (unpaired) electrons. The van der Waals surface area contributed by atoms with E-state index in [9.17, 15) is 4.79 Å². The van der Waals surface area contributed by atoms with Gasteiger partial charge in [0.05, 0.1) is 11.9 Å². The fourth-order valence-corrected chi connectivity index (χ4v) is 3.99. The molecule has 1 fully saturated rings. The van der Waals surface area contributed by atoms with Gasteiger partial charge in [-0.05, 0) is 41.5 Å². The van der Waals surface area contributed by atoms with Crippen molar-refractivity contribution in [3.63, 3.8) is 0 Å². The van der Waals surface area contributed by atoms with Crippen LogP contribution in [0.25, 0.3) is 22.0 Å². The maximum Gasteiger partial charge on any atom is 0.229 e. The zero-order valence-corrected chi connectivity index (χ0v) is 17.0. The number of halogens is 1. The van der Waals surface area contributed by atoms with Gasteiger partial charge < -0.3 is 11.1 Å². The first-order chi connectivity index (χ1) is 14.5. The van der Waals surface area contributed by atoms with Crippen molar-refractivity contribution in [1.29, 1.82) is 0 Å². The number of nitrogens with zero attached hydrogens (tertiary/aromatic N) is 4. The van der Waals surface area contributed by atoms with Crippen molar-refractivity contribution >= 4 is 39.9 Å². The summed E-state index contributed by atoms with van der Waals surface area (Å²) in [6, 6.07) is 11.2. The Morgan fingerprint density at radius 2 is 2.10 bits per heavy atom. The SMILES string of the molecule is Cn1cc(C2CC2C(=O)Nc2cc3cc(-c4ccccc4Cl)nc(N)c3cn2)cn1. The van der Waals surface area contributed by atoms with E-state index in [0.29, 0.717) is 22.4 Å². The van der Waals surface area contributed by atoms with E-state index in [4.69, 9.17) is 17.3 Å². The summed E-state index contributed by atoms with van der Waals surface area (Å²) in [5, 5.41) is 9.27. The molecule has 0 spiro atoms. The minimum Gasteiger partial charge on any atom is -0.383 e. The number of benzene rings is 1. The molecule has 30 heavy (non-hydrogen) atoms. The number of hydrogen-bond donors (Lipinski definition) is 2. The molecule has 1 aliphatic carbocycles. The molecule has 3 N–H and O–H groups in total. The van der Waals surface area contributed by atoms with E-state index in [0.717, 1.165) is 28.3 Å². The number of fused-ring (bicyclic) bond motifs is 1. The second-order valence-electron chi connectivity index (χ2n) is 7.55. The molecule has 0 saturated heterocycles. The van der Waals surface area contributed by atoms with E-state index in [2.05, 4.69) is 20.4 Å². The summed E-state index contributed by atoms with van der Waals surface area (Å²) in [4.78, 5) is 21.5. The minimum atomic E-state index is -0.0621. The molecule has 2 unspecified atom stereocenters. The number of aryl methyl sites for hydroxylation is 1. The first-order valence-corrected chi connectivity index (χ1v) is 9.98. The van der Waals surface area contributed by atoms with Crippen molar-refractivity contribution in [2.75, 3.05) is 11.1 Å². The Morgan fingerprint density at radius 3 is 2.87 bits per heavy atom. The van der Waals surface area contributed by atoms with Gasteiger partial charge in [-0.25, -0.2) is 9.97 Å². The number of nitrogen functional groups attached to an aromatic ring is 1. The highest BCUT2D eigenvalue weighted by Gasteiger charge is 2.44. The van der Waals surface area contributed by atoms with Crippen LogP contribution in [0.2, 0.25) is 5.02 Å². The number of rotatable bonds is 4. The number of carbonyl (C=O) groups excluding carboxylic acids is 1. The Kier molecular flexibility index (Phi) is 4.40. The highest BCUT2D eigenvalue weighted by molar-refractivity contribution is 6.33. The van der Waals surface area contributed by atoms with Gasteiger partial charge in [-0.15, -0.1) is 0 Å². The quantitative estimate of drug-likeness (QED) is 0.521. The van der Waals surface area contributed by atoms with Gasteiger partial charge in [0, 0.05) is 41.3 Å². The first kappa shape index (κ1) is 18.6. The van der Waals surface area contributed by atoms with E-state index in [1.54, 1.807) is 10.9 Å². The molecule has 7 nitrogen and oxygen atoms in total. The molecule has 3 aromatic heterocycles. The van der Waals surface area contributed by atoms with E-state index in [1.807, 2.05) is 55.8 Å². The normalized spacial score (nSPS) is 17.8. The standard InChI is InChI=1S/C22H19ClN6O/c1-29-11-13(9-26-29)15-8-16(15)22(30)28-20-7-12-6-19(14-4-2-3-5-18(14)23)27-21(24)17(12)10-25-20/h2-7,9-11,15-16H,8H2,1H3,(H2,24,27)(H,25,28,30). The fraction of sp³-hybridized carbons (Fsp3) is 0.182. The molecule has 8 heteroatoms. The number of nitrogens with two attached hydrogens (primary N) is 1. The third-order valence-corrected chi connectivity index (χ3v) is 5.76. The van der Waals surface area contributed by atoms with Crippen LogP contribution >= 0.6 is 11.6 Å². The molecule has 3 heterocycles. The van der Waals surface area contributed by atoms with Gasteiger partial charge >= 0.3 is 0 Å². The van der Waals surface area contributed by atoms with Gasteiger partial charge in [0.15, 0.2) is 0 Å². The molecule has 5 rings (SSSR count). The molecule has 1 amide bonds. The van der Waals surface area contributed by atoms with Gasteiger partial charge in [-0.3, -0.25) is 9.48 Å². The minimum absolute atomic E-state index is 0.0379. The maximum atomic E-state index is 12.7. The molecular formula is C22H19ClN6O. The van der Waals surface area contributed by atoms with Crippen LogP contribution in [0.3, 0.4) is 0 Å². The van der Waals surface area contributed by atoms with Crippen molar-refractivity contribution in [2.24, 2.45) is 13.0 Å². The molecule has 2 atom stereocenters. The summed E-state index contributed by atoms with van der Waals surface area (Å²) in [6.07, 6.45) is 6.23. The lowest BCUT2D eigenvalue weighted by Gasteiger charge is -2.10. The number of hydrogen-bond acceptors (Lipinski definition) is 5. The molecule has 4 aromatic rings. The summed E-state index contributed by atoms with van der Waals surface area (Å²) in [5.41, 5.74) is 8.71. The summed E-state index contributed by atoms with van der Waals surface area (Å²) < 4.78 is 1.75. The zero-order chi connectivity index (χ0) is 20.8. The van der Waals surface area contributed by atoms with Crippen molar-refractivity contribution in [1.82, 2.24) is 19.7 Å². The molecular weight excluding hydrogens is 400 g/mol. The van der Waals surface area contributed by atoms with Gasteiger partial charge in [0.1, 0.15) is 11.6 Å². The Bertz CT molecular complexity index is 1280. The number of aromatic nitrogens is 4. The van der Waals surface area contributed by atoms with Gasteiger partial charge in [-0.2, -0.15) is 5.10 Å². The lowest BCUT2D eigenvalue weighted by molar-refractivity contribution is -0.117. The highest BCUT2D eigenvalue weighted by atomic mass is 35.5. The van der Waals surface area contributed by atoms with Crippen LogP contribution in [0.15, 0.2) is 55.0 Å². The van der Waals surface area contributed by atoms with Crippen LogP contribution in [0.1, 0.15) is 17.9 Å². The number of pyridine rings is 2. The molecule has 0 aliphatic heterocycles. The van der Waals surface area contributed by atoms with Crippen LogP contribution < -0.4 is 11.1 Å². The van der Waals surface area contributed by atoms with Crippen LogP contribution in [0.5, 0.6) is 0 Å². The van der Waals surface area contributed by atoms with E-state index in [-0.39, 0.29) is 17.7 Å². The van der Waals surface area contributed by atoms with Crippen LogP contribution in [0, 0.1) is 5.92 Å². The molecule has 150 valence electrons. The maximum absolute atomic E-state index is 12.7. The van der Waals surface area contributed by atoms with Gasteiger partial charge in [-0.1, -0.05) is 29.8 Å². The molecule has 1 aliphatic rings. The van der Waals surface area contributed by atoms with Crippen LogP contribution in [-0.4, -0.2) is 25.7 Å². The van der Waals surface area contributed by atoms with Crippen molar-refractivity contribution in [3.8, 4) is 11.3 Å². The largest absolute Gasteiger partial charge is 0.383 e. The summed E-state index contributed by atoms with van der Waals surface area (Å²) in [6.45, 7) is 0. The van der Waals surface area contributed by atoms with E-state index < -0.39 is 0 Å². The lowest BCUT2D eigenvalue weighted by Crippen LogP contribution is -2.15. The lowest BCUT2D eigenvalue weighted by atomic mass is 10.1. The topological polar surface area (TPSA) is 98.7 Å². The van der Waals surface area contributed by atoms with Crippen molar-refractivity contribution in [3.05, 3.63) is 65.6 Å². The average molecular weight is 419 g/mol. The molecule has 0 bridgehead atoms. The van der Waals surface area contributed by atoms with E-state index in [1.165, 1.54) is 0 Å². The second kappa shape index (κ2) is 7.11. The first-order valence-electron chi connectivity index (χ1n) is 9.60. The van der Waals surface area contributed by atoms with Gasteiger partial charge in [0.25, 0.3) is 0 Å². The fourth-order valence-electron chi connectivity index (χ4n) is 3.75. The predicted molar refractivity (Wildman–Crippen MR) is 117 cm³/mol. The molecule has 1 saturated carbocycles. The van der Waals surface area contributed by atoms with E-state index >= 15 is 0 Å². The number of nitrogens with one attached hydrogen (secondary N) is 1. The van der Waals surface area contributed by atoms with Crippen LogP contribution in [-0.2, 0) is 11.8 Å². The number of carbonyl (C=O) groups is 1. The Morgan fingerprint density at radius 1 is 1.27 bits per heavy atom. The second-order valence-corrected chi connectivity index (χ2v) is 7.96. The summed E-state index contributed by atoms with van der Waals surface area (Å²) in [5.74, 6) is 0.967. The third-order valence-electron chi connectivity index (χ3n) is 5.43. The smallest absolute Gasteiger partial charge is 0.229 e. The summed E-state index contributed by atoms with van der Waals surface area (Å²) in [7, 11) is 1.87. The van der Waals surface area contributed by atoms with Crippen LogP contribution in [0.4, 0.5) is 11.6 Å². The Hall–Kier alpha value is -3.45. The number of anilines is 2. The van der Waals surface area contributed by atoms with Crippen molar-refractivity contribution in [2.45, 2.75) is 12.3 Å². The molecule has 1 aromatic carbocycles. The zero-order valence-electron chi connectivity index (χ0n) is 16.2. The number of amides is 1. The average Bonchev–Trinajstić information content (AvgIpc) is 3.42. The predicted octanol–water partition coefficient (Wildman–Crippen LogP) is 4.01. The van der Waals surface area contributed by atoms with Crippen molar-refractivity contribution < 1.29 is 4.79 Å². The highest BCUT2D eigenvalue weighted by Crippen LogP contribution is 2.47. The Balaban J connectivity index is 1.40. The summed E-state index contributed by atoms with van der Waals surface area (Å²) >= 11 is 6.31. The Labute approximate surface area is 177 Å².